The average molecular weight is 391 g/mol. The molecule has 2 aliphatic rings. The van der Waals surface area contributed by atoms with E-state index in [9.17, 15) is 15.8 Å². The highest BCUT2D eigenvalue weighted by Gasteiger charge is 2.57. The van der Waals surface area contributed by atoms with E-state index in [0.29, 0.717) is 13.1 Å². The van der Waals surface area contributed by atoms with Gasteiger partial charge in [0.2, 0.25) is 0 Å². The molecule has 2 aromatic carbocycles. The Bertz CT molecular complexity index is 1080. The molecule has 0 bridgehead atoms. The van der Waals surface area contributed by atoms with Gasteiger partial charge in [0.25, 0.3) is 0 Å². The highest BCUT2D eigenvalue weighted by molar-refractivity contribution is 6.00. The van der Waals surface area contributed by atoms with Gasteiger partial charge < -0.3 is 5.41 Å². The normalized spacial score (nSPS) is 25.2. The maximum Gasteiger partial charge on any atom is 0.189 e. The lowest BCUT2D eigenvalue weighted by Gasteiger charge is -2.47. The van der Waals surface area contributed by atoms with Crippen molar-refractivity contribution in [2.24, 2.45) is 17.3 Å². The van der Waals surface area contributed by atoms with E-state index in [1.54, 1.807) is 0 Å². The van der Waals surface area contributed by atoms with Gasteiger partial charge in [0.05, 0.1) is 23.9 Å². The molecule has 30 heavy (non-hydrogen) atoms. The van der Waals surface area contributed by atoms with Crippen molar-refractivity contribution in [3.8, 4) is 18.2 Å². The zero-order chi connectivity index (χ0) is 21.1. The highest BCUT2D eigenvalue weighted by Crippen LogP contribution is 2.53. The molecule has 0 saturated heterocycles. The summed E-state index contributed by atoms with van der Waals surface area (Å²) in [5.74, 6) is -1.49. The molecule has 1 heterocycles. The van der Waals surface area contributed by atoms with E-state index < -0.39 is 17.3 Å². The molecule has 0 aromatic heterocycles. The van der Waals surface area contributed by atoms with Crippen LogP contribution in [-0.4, -0.2) is 23.7 Å². The summed E-state index contributed by atoms with van der Waals surface area (Å²) in [6, 6.07) is 26.2. The fraction of sp³-hybridized carbons (Fsp3) is 0.280. The molecular formula is C25H21N5. The number of rotatable bonds is 3. The standard InChI is InChI=1S/C25H21N5/c26-13-21-20-11-12-30(14-18-7-3-1-4-8-18)15-22(20)23(19-9-5-2-6-10-19)25(16-27,17-28)24(21)29/h1-11,21-23,29H,12,14-15H2/t21?,22-,23+/m1/s1. The topological polar surface area (TPSA) is 98.5 Å². The van der Waals surface area contributed by atoms with Crippen molar-refractivity contribution in [1.82, 2.24) is 4.90 Å². The van der Waals surface area contributed by atoms with E-state index in [2.05, 4.69) is 35.2 Å². The number of nitrogens with one attached hydrogen (secondary N) is 1. The SMILES string of the molecule is N#CC1C(=N)C(C#N)(C#N)[C@@H](c2ccccc2)[C@@H]2CN(Cc3ccccc3)CC=C12. The lowest BCUT2D eigenvalue weighted by molar-refractivity contribution is 0.198. The van der Waals surface area contributed by atoms with Gasteiger partial charge in [-0.25, -0.2) is 0 Å². The summed E-state index contributed by atoms with van der Waals surface area (Å²) in [6.07, 6.45) is 2.04. The Kier molecular flexibility index (Phi) is 5.20. The van der Waals surface area contributed by atoms with Crippen LogP contribution < -0.4 is 0 Å². The molecule has 0 amide bonds. The number of benzene rings is 2. The first-order valence-corrected chi connectivity index (χ1v) is 9.96. The quantitative estimate of drug-likeness (QED) is 0.798. The van der Waals surface area contributed by atoms with Crippen molar-refractivity contribution in [2.45, 2.75) is 12.5 Å². The van der Waals surface area contributed by atoms with Crippen LogP contribution in [0.4, 0.5) is 0 Å². The van der Waals surface area contributed by atoms with E-state index in [0.717, 1.165) is 17.7 Å². The lowest BCUT2D eigenvalue weighted by atomic mass is 9.54. The van der Waals surface area contributed by atoms with Gasteiger partial charge in [-0.15, -0.1) is 0 Å². The summed E-state index contributed by atoms with van der Waals surface area (Å²) in [5, 5.41) is 38.7. The Labute approximate surface area is 176 Å². The summed E-state index contributed by atoms with van der Waals surface area (Å²) in [7, 11) is 0. The third kappa shape index (κ3) is 3.09. The van der Waals surface area contributed by atoms with Crippen LogP contribution in [0.25, 0.3) is 0 Å². The second-order valence-electron chi connectivity index (χ2n) is 7.89. The first-order chi connectivity index (χ1) is 14.6. The molecule has 5 nitrogen and oxygen atoms in total. The Morgan fingerprint density at radius 2 is 1.60 bits per heavy atom. The molecule has 1 N–H and O–H groups in total. The molecule has 2 aromatic rings. The fourth-order valence-corrected chi connectivity index (χ4v) is 4.87. The van der Waals surface area contributed by atoms with E-state index in [1.807, 2.05) is 54.6 Å². The van der Waals surface area contributed by atoms with Gasteiger partial charge in [-0.3, -0.25) is 4.90 Å². The van der Waals surface area contributed by atoms with Crippen LogP contribution in [0.3, 0.4) is 0 Å². The van der Waals surface area contributed by atoms with Gasteiger partial charge in [0, 0.05) is 31.5 Å². The summed E-state index contributed by atoms with van der Waals surface area (Å²) >= 11 is 0. The summed E-state index contributed by atoms with van der Waals surface area (Å²) in [6.45, 7) is 2.07. The van der Waals surface area contributed by atoms with Gasteiger partial charge in [-0.05, 0) is 16.7 Å². The molecule has 1 fully saturated rings. The van der Waals surface area contributed by atoms with E-state index >= 15 is 0 Å². The minimum absolute atomic E-state index is 0.0946. The molecular weight excluding hydrogens is 370 g/mol. The smallest absolute Gasteiger partial charge is 0.189 e. The van der Waals surface area contributed by atoms with E-state index in [4.69, 9.17) is 5.41 Å². The molecule has 1 aliphatic heterocycles. The molecule has 1 saturated carbocycles. The largest absolute Gasteiger partial charge is 0.305 e. The maximum atomic E-state index is 10.1. The van der Waals surface area contributed by atoms with Crippen molar-refractivity contribution in [2.75, 3.05) is 13.1 Å². The van der Waals surface area contributed by atoms with Crippen LogP contribution in [0.5, 0.6) is 0 Å². The van der Waals surface area contributed by atoms with Crippen LogP contribution >= 0.6 is 0 Å². The average Bonchev–Trinajstić information content (AvgIpc) is 2.80. The minimum Gasteiger partial charge on any atom is -0.305 e. The molecule has 146 valence electrons. The van der Waals surface area contributed by atoms with Crippen LogP contribution in [-0.2, 0) is 6.54 Å². The van der Waals surface area contributed by atoms with Gasteiger partial charge >= 0.3 is 0 Å². The van der Waals surface area contributed by atoms with E-state index in [1.165, 1.54) is 5.56 Å². The number of fused-ring (bicyclic) bond motifs is 1. The summed E-state index contributed by atoms with van der Waals surface area (Å²) in [4.78, 5) is 2.28. The molecule has 3 atom stereocenters. The minimum atomic E-state index is -1.65. The van der Waals surface area contributed by atoms with Crippen molar-refractivity contribution >= 4 is 5.71 Å². The monoisotopic (exact) mass is 391 g/mol. The van der Waals surface area contributed by atoms with Crippen LogP contribution in [0.2, 0.25) is 0 Å². The van der Waals surface area contributed by atoms with Crippen LogP contribution in [0.1, 0.15) is 17.0 Å². The number of hydrogen-bond acceptors (Lipinski definition) is 5. The van der Waals surface area contributed by atoms with Crippen molar-refractivity contribution in [3.63, 3.8) is 0 Å². The summed E-state index contributed by atoms with van der Waals surface area (Å²) < 4.78 is 0. The summed E-state index contributed by atoms with van der Waals surface area (Å²) in [5.41, 5.74) is 1.18. The van der Waals surface area contributed by atoms with Gasteiger partial charge in [0.1, 0.15) is 5.92 Å². The third-order valence-electron chi connectivity index (χ3n) is 6.27. The molecule has 0 spiro atoms. The van der Waals surface area contributed by atoms with Gasteiger partial charge in [-0.2, -0.15) is 15.8 Å². The van der Waals surface area contributed by atoms with Crippen molar-refractivity contribution in [1.29, 1.82) is 21.2 Å². The molecule has 1 aliphatic carbocycles. The second-order valence-corrected chi connectivity index (χ2v) is 7.89. The highest BCUT2D eigenvalue weighted by atomic mass is 15.1. The Morgan fingerprint density at radius 3 is 2.20 bits per heavy atom. The Hall–Kier alpha value is -3.72. The Balaban J connectivity index is 1.80. The number of nitrogens with zero attached hydrogens (tertiary/aromatic N) is 4. The number of hydrogen-bond donors (Lipinski definition) is 1. The third-order valence-corrected chi connectivity index (χ3v) is 6.27. The zero-order valence-electron chi connectivity index (χ0n) is 16.5. The maximum absolute atomic E-state index is 10.1. The fourth-order valence-electron chi connectivity index (χ4n) is 4.87. The molecule has 1 unspecified atom stereocenters. The molecule has 0 radical (unpaired) electrons. The predicted molar refractivity (Wildman–Crippen MR) is 113 cm³/mol. The second kappa shape index (κ2) is 7.96. The lowest BCUT2D eigenvalue weighted by Crippen LogP contribution is -2.52. The molecule has 4 rings (SSSR count). The first kappa shape index (κ1) is 19.6. The first-order valence-electron chi connectivity index (χ1n) is 9.96. The van der Waals surface area contributed by atoms with Gasteiger partial charge in [0.15, 0.2) is 5.41 Å². The molecule has 5 heteroatoms. The van der Waals surface area contributed by atoms with Crippen molar-refractivity contribution in [3.05, 3.63) is 83.4 Å². The van der Waals surface area contributed by atoms with Crippen molar-refractivity contribution < 1.29 is 0 Å². The van der Waals surface area contributed by atoms with Crippen LogP contribution in [0, 0.1) is 56.7 Å². The Morgan fingerprint density at radius 1 is 0.967 bits per heavy atom. The van der Waals surface area contributed by atoms with Gasteiger partial charge in [-0.1, -0.05) is 66.7 Å². The zero-order valence-corrected chi connectivity index (χ0v) is 16.5. The van der Waals surface area contributed by atoms with E-state index in [-0.39, 0.29) is 11.6 Å². The van der Waals surface area contributed by atoms with Crippen LogP contribution in [0.15, 0.2) is 72.3 Å². The predicted octanol–water partition coefficient (Wildman–Crippen LogP) is 4.04. The number of nitriles is 3.